The number of aryl methyl sites for hydroxylation is 1. The highest BCUT2D eigenvalue weighted by atomic mass is 19.4. The molecule has 1 aromatic heterocycles. The Balaban J connectivity index is 0.000000321. The second kappa shape index (κ2) is 8.66. The molecule has 3 atom stereocenters. The van der Waals surface area contributed by atoms with Gasteiger partial charge in [-0.2, -0.15) is 13.2 Å². The molecule has 0 unspecified atom stereocenters. The van der Waals surface area contributed by atoms with E-state index < -0.39 is 12.1 Å². The lowest BCUT2D eigenvalue weighted by Gasteiger charge is -2.31. The Morgan fingerprint density at radius 2 is 2.04 bits per heavy atom. The van der Waals surface area contributed by atoms with E-state index >= 15 is 0 Å². The van der Waals surface area contributed by atoms with Crippen molar-refractivity contribution in [1.82, 2.24) is 9.88 Å². The van der Waals surface area contributed by atoms with E-state index in [1.165, 1.54) is 0 Å². The summed E-state index contributed by atoms with van der Waals surface area (Å²) in [5, 5.41) is 7.12. The number of hydrogen-bond acceptors (Lipinski definition) is 5. The van der Waals surface area contributed by atoms with Crippen molar-refractivity contribution in [2.24, 2.45) is 0 Å². The predicted octanol–water partition coefficient (Wildman–Crippen LogP) is 2.04. The van der Waals surface area contributed by atoms with Crippen LogP contribution in [0.5, 0.6) is 0 Å². The Labute approximate surface area is 154 Å². The molecule has 3 rings (SSSR count). The summed E-state index contributed by atoms with van der Waals surface area (Å²) in [5.74, 6) is -2.78. The third-order valence-electron chi connectivity index (χ3n) is 4.39. The fourth-order valence-electron chi connectivity index (χ4n) is 3.16. The average Bonchev–Trinajstić information content (AvgIpc) is 2.99. The molecule has 150 valence electrons. The minimum atomic E-state index is -5.08. The van der Waals surface area contributed by atoms with Gasteiger partial charge in [0.2, 0.25) is 0 Å². The molecule has 2 aliphatic heterocycles. The third kappa shape index (κ3) is 5.16. The maximum Gasteiger partial charge on any atom is 0.490 e. The standard InChI is InChI=1S/C15H20N2O3.C2HF3O2/c1-10-5-3-6-11(16-10)15(18)17-9-13(19-2)14-12(17)7-4-8-20-14;3-2(4,5)1(6)7/h3,5-6,12-14H,4,7-9H2,1-2H3;(H,6,7)/t12-,13+,14+;/m1./s1. The summed E-state index contributed by atoms with van der Waals surface area (Å²) >= 11 is 0. The van der Waals surface area contributed by atoms with E-state index in [0.717, 1.165) is 25.1 Å². The molecule has 0 saturated carbocycles. The molecule has 0 spiro atoms. The Kier molecular flexibility index (Phi) is 6.77. The zero-order chi connectivity index (χ0) is 20.2. The van der Waals surface area contributed by atoms with Crippen molar-refractivity contribution in [3.8, 4) is 0 Å². The number of hydrogen-bond donors (Lipinski definition) is 1. The molecule has 2 aliphatic rings. The Morgan fingerprint density at radius 1 is 1.37 bits per heavy atom. The molecule has 7 nitrogen and oxygen atoms in total. The van der Waals surface area contributed by atoms with Crippen molar-refractivity contribution in [3.63, 3.8) is 0 Å². The number of ether oxygens (including phenoxy) is 2. The molecule has 1 N–H and O–H groups in total. The van der Waals surface area contributed by atoms with E-state index in [0.29, 0.717) is 12.2 Å². The second-order valence-electron chi connectivity index (χ2n) is 6.24. The monoisotopic (exact) mass is 390 g/mol. The normalized spacial score (nSPS) is 24.6. The van der Waals surface area contributed by atoms with Crippen molar-refractivity contribution < 1.29 is 37.3 Å². The van der Waals surface area contributed by atoms with Gasteiger partial charge in [-0.05, 0) is 31.9 Å². The molecule has 0 radical (unpaired) electrons. The van der Waals surface area contributed by atoms with Crippen LogP contribution in [0.25, 0.3) is 0 Å². The molecule has 1 amide bonds. The van der Waals surface area contributed by atoms with Gasteiger partial charge < -0.3 is 19.5 Å². The van der Waals surface area contributed by atoms with Gasteiger partial charge in [0.15, 0.2) is 0 Å². The number of aliphatic carboxylic acids is 1. The third-order valence-corrected chi connectivity index (χ3v) is 4.39. The van der Waals surface area contributed by atoms with Crippen LogP contribution in [0, 0.1) is 6.92 Å². The molecule has 27 heavy (non-hydrogen) atoms. The number of pyridine rings is 1. The molecular formula is C17H21F3N2O5. The van der Waals surface area contributed by atoms with Crippen LogP contribution in [0.2, 0.25) is 0 Å². The first-order valence-electron chi connectivity index (χ1n) is 8.34. The van der Waals surface area contributed by atoms with Gasteiger partial charge in [-0.25, -0.2) is 9.78 Å². The maximum absolute atomic E-state index is 12.7. The highest BCUT2D eigenvalue weighted by Gasteiger charge is 2.46. The lowest BCUT2D eigenvalue weighted by atomic mass is 10.0. The average molecular weight is 390 g/mol. The topological polar surface area (TPSA) is 89.0 Å². The van der Waals surface area contributed by atoms with E-state index in [9.17, 15) is 18.0 Å². The van der Waals surface area contributed by atoms with Crippen LogP contribution in [0.4, 0.5) is 13.2 Å². The maximum atomic E-state index is 12.7. The smallest absolute Gasteiger partial charge is 0.475 e. The molecule has 10 heteroatoms. The number of likely N-dealkylation sites (tertiary alicyclic amines) is 1. The van der Waals surface area contributed by atoms with E-state index in [-0.39, 0.29) is 24.2 Å². The van der Waals surface area contributed by atoms with Crippen molar-refractivity contribution >= 4 is 11.9 Å². The molecular weight excluding hydrogens is 369 g/mol. The summed E-state index contributed by atoms with van der Waals surface area (Å²) in [4.78, 5) is 27.8. The number of amides is 1. The minimum Gasteiger partial charge on any atom is -0.475 e. The molecule has 2 fully saturated rings. The van der Waals surface area contributed by atoms with E-state index in [2.05, 4.69) is 4.98 Å². The summed E-state index contributed by atoms with van der Waals surface area (Å²) in [6, 6.07) is 5.65. The number of nitrogens with zero attached hydrogens (tertiary/aromatic N) is 2. The number of methoxy groups -OCH3 is 1. The van der Waals surface area contributed by atoms with Crippen LogP contribution >= 0.6 is 0 Å². The summed E-state index contributed by atoms with van der Waals surface area (Å²) in [6.07, 6.45) is -3.15. The number of carboxylic acids is 1. The number of carboxylic acid groups (broad SMARTS) is 1. The molecule has 2 saturated heterocycles. The van der Waals surface area contributed by atoms with Gasteiger partial charge in [0.1, 0.15) is 17.9 Å². The number of carbonyl (C=O) groups is 2. The zero-order valence-electron chi connectivity index (χ0n) is 14.9. The molecule has 0 aliphatic carbocycles. The molecule has 1 aromatic rings. The summed E-state index contributed by atoms with van der Waals surface area (Å²) in [6.45, 7) is 3.23. The van der Waals surface area contributed by atoms with Gasteiger partial charge >= 0.3 is 12.1 Å². The fraction of sp³-hybridized carbons (Fsp3) is 0.588. The van der Waals surface area contributed by atoms with Crippen molar-refractivity contribution in [3.05, 3.63) is 29.6 Å². The number of alkyl halides is 3. The largest absolute Gasteiger partial charge is 0.490 e. The molecule has 0 aromatic carbocycles. The van der Waals surface area contributed by atoms with Gasteiger partial charge in [-0.1, -0.05) is 6.07 Å². The van der Waals surface area contributed by atoms with Crippen molar-refractivity contribution in [2.75, 3.05) is 20.3 Å². The number of aromatic nitrogens is 1. The van der Waals surface area contributed by atoms with E-state index in [1.807, 2.05) is 24.0 Å². The van der Waals surface area contributed by atoms with Crippen LogP contribution in [0.15, 0.2) is 18.2 Å². The van der Waals surface area contributed by atoms with Crippen molar-refractivity contribution in [2.45, 2.75) is 44.2 Å². The summed E-state index contributed by atoms with van der Waals surface area (Å²) in [5.41, 5.74) is 1.36. The molecule has 0 bridgehead atoms. The number of rotatable bonds is 2. The van der Waals surface area contributed by atoms with Crippen LogP contribution in [0.3, 0.4) is 0 Å². The van der Waals surface area contributed by atoms with Crippen LogP contribution in [-0.2, 0) is 14.3 Å². The van der Waals surface area contributed by atoms with Gasteiger partial charge in [-0.3, -0.25) is 4.79 Å². The predicted molar refractivity (Wildman–Crippen MR) is 87.3 cm³/mol. The van der Waals surface area contributed by atoms with Gasteiger partial charge in [-0.15, -0.1) is 0 Å². The Bertz CT molecular complexity index is 683. The number of carbonyl (C=O) groups excluding carboxylic acids is 1. The van der Waals surface area contributed by atoms with E-state index in [4.69, 9.17) is 19.4 Å². The quantitative estimate of drug-likeness (QED) is 0.831. The number of fused-ring (bicyclic) bond motifs is 1. The summed E-state index contributed by atoms with van der Waals surface area (Å²) < 4.78 is 43.0. The lowest BCUT2D eigenvalue weighted by molar-refractivity contribution is -0.192. The van der Waals surface area contributed by atoms with Crippen LogP contribution in [-0.4, -0.2) is 71.6 Å². The van der Waals surface area contributed by atoms with Gasteiger partial charge in [0, 0.05) is 19.4 Å². The Morgan fingerprint density at radius 3 is 2.59 bits per heavy atom. The zero-order valence-corrected chi connectivity index (χ0v) is 14.9. The first kappa shape index (κ1) is 21.1. The van der Waals surface area contributed by atoms with E-state index in [1.54, 1.807) is 13.2 Å². The minimum absolute atomic E-state index is 0.00232. The van der Waals surface area contributed by atoms with Gasteiger partial charge in [0.05, 0.1) is 12.6 Å². The van der Waals surface area contributed by atoms with Crippen LogP contribution in [0.1, 0.15) is 29.0 Å². The number of halogens is 3. The Hall–Kier alpha value is -2.20. The highest BCUT2D eigenvalue weighted by molar-refractivity contribution is 5.93. The highest BCUT2D eigenvalue weighted by Crippen LogP contribution is 2.31. The molecule has 3 heterocycles. The SMILES string of the molecule is CO[C@H]1CN(C(=O)c2cccc(C)n2)[C@@H]2CCCO[C@H]12.O=C(O)C(F)(F)F. The van der Waals surface area contributed by atoms with Gasteiger partial charge in [0.25, 0.3) is 5.91 Å². The van der Waals surface area contributed by atoms with Crippen molar-refractivity contribution in [1.29, 1.82) is 0 Å². The second-order valence-corrected chi connectivity index (χ2v) is 6.24. The van der Waals surface area contributed by atoms with Crippen LogP contribution < -0.4 is 0 Å². The first-order chi connectivity index (χ1) is 12.6. The fourth-order valence-corrected chi connectivity index (χ4v) is 3.16. The lowest BCUT2D eigenvalue weighted by Crippen LogP contribution is -2.44. The first-order valence-corrected chi connectivity index (χ1v) is 8.34. The summed E-state index contributed by atoms with van der Waals surface area (Å²) in [7, 11) is 1.68.